The van der Waals surface area contributed by atoms with Gasteiger partial charge in [0.2, 0.25) is 0 Å². The van der Waals surface area contributed by atoms with Crippen LogP contribution in [0.1, 0.15) is 6.92 Å². The lowest BCUT2D eigenvalue weighted by molar-refractivity contribution is -0.149. The van der Waals surface area contributed by atoms with E-state index in [1.54, 1.807) is 0 Å². The second-order valence-electron chi connectivity index (χ2n) is 3.19. The van der Waals surface area contributed by atoms with Crippen molar-refractivity contribution in [1.29, 1.82) is 0 Å². The summed E-state index contributed by atoms with van der Waals surface area (Å²) in [6.07, 6.45) is 1.33. The standard InChI is InChI=1S/C9H8F2O4/c1-4-2-5(7(12)13)3-6(8(14)15)9(4,10)11/h2-3,6H,1H3,(H,12,13)(H,14,15). The van der Waals surface area contributed by atoms with Crippen LogP contribution in [0.3, 0.4) is 0 Å². The van der Waals surface area contributed by atoms with Crippen molar-refractivity contribution in [2.45, 2.75) is 12.8 Å². The highest BCUT2D eigenvalue weighted by atomic mass is 19.3. The zero-order chi connectivity index (χ0) is 11.8. The lowest BCUT2D eigenvalue weighted by Crippen LogP contribution is -2.37. The molecule has 0 heterocycles. The summed E-state index contributed by atoms with van der Waals surface area (Å²) in [6.45, 7) is 1.01. The van der Waals surface area contributed by atoms with E-state index < -0.39 is 34.9 Å². The Hall–Kier alpha value is -1.72. The number of rotatable bonds is 2. The maximum Gasteiger partial charge on any atom is 0.335 e. The van der Waals surface area contributed by atoms with E-state index in [0.717, 1.165) is 13.0 Å². The van der Waals surface area contributed by atoms with Gasteiger partial charge in [0.25, 0.3) is 5.92 Å². The van der Waals surface area contributed by atoms with Gasteiger partial charge in [-0.25, -0.2) is 13.6 Å². The molecule has 0 radical (unpaired) electrons. The van der Waals surface area contributed by atoms with E-state index >= 15 is 0 Å². The van der Waals surface area contributed by atoms with Crippen molar-refractivity contribution in [3.05, 3.63) is 23.3 Å². The lowest BCUT2D eigenvalue weighted by Gasteiger charge is -2.25. The molecule has 1 rings (SSSR count). The predicted octanol–water partition coefficient (Wildman–Crippen LogP) is 1.29. The fourth-order valence-electron chi connectivity index (χ4n) is 1.27. The number of aliphatic carboxylic acids is 2. The molecule has 0 amide bonds. The van der Waals surface area contributed by atoms with Gasteiger partial charge in [-0.15, -0.1) is 0 Å². The molecular formula is C9H8F2O4. The number of hydrogen-bond donors (Lipinski definition) is 2. The summed E-state index contributed by atoms with van der Waals surface area (Å²) in [4.78, 5) is 21.1. The summed E-state index contributed by atoms with van der Waals surface area (Å²) in [5.74, 6) is -8.82. The number of allylic oxidation sites excluding steroid dienone is 1. The quantitative estimate of drug-likeness (QED) is 0.732. The monoisotopic (exact) mass is 218 g/mol. The molecule has 1 aliphatic carbocycles. The molecular weight excluding hydrogens is 210 g/mol. The van der Waals surface area contributed by atoms with Crippen LogP contribution < -0.4 is 0 Å². The molecule has 4 nitrogen and oxygen atoms in total. The second kappa shape index (κ2) is 3.45. The number of halogens is 2. The zero-order valence-electron chi connectivity index (χ0n) is 7.70. The van der Waals surface area contributed by atoms with Gasteiger partial charge < -0.3 is 10.2 Å². The summed E-state index contributed by atoms with van der Waals surface area (Å²) < 4.78 is 26.5. The van der Waals surface area contributed by atoms with Crippen molar-refractivity contribution < 1.29 is 28.6 Å². The molecule has 1 aliphatic rings. The smallest absolute Gasteiger partial charge is 0.335 e. The number of carbonyl (C=O) groups is 2. The van der Waals surface area contributed by atoms with Crippen molar-refractivity contribution in [3.8, 4) is 0 Å². The fraction of sp³-hybridized carbons (Fsp3) is 0.333. The van der Waals surface area contributed by atoms with E-state index in [0.29, 0.717) is 6.08 Å². The van der Waals surface area contributed by atoms with E-state index in [2.05, 4.69) is 0 Å². The topological polar surface area (TPSA) is 74.6 Å². The van der Waals surface area contributed by atoms with Gasteiger partial charge in [-0.3, -0.25) is 4.79 Å². The van der Waals surface area contributed by atoms with Crippen LogP contribution in [0.2, 0.25) is 0 Å². The van der Waals surface area contributed by atoms with E-state index in [1.165, 1.54) is 0 Å². The van der Waals surface area contributed by atoms with Gasteiger partial charge in [-0.05, 0) is 24.6 Å². The van der Waals surface area contributed by atoms with Gasteiger partial charge in [0.05, 0.1) is 5.57 Å². The lowest BCUT2D eigenvalue weighted by atomic mass is 9.87. The molecule has 15 heavy (non-hydrogen) atoms. The van der Waals surface area contributed by atoms with Gasteiger partial charge in [-0.2, -0.15) is 0 Å². The Kier molecular flexibility index (Phi) is 2.61. The van der Waals surface area contributed by atoms with E-state index in [1.807, 2.05) is 0 Å². The van der Waals surface area contributed by atoms with E-state index in [4.69, 9.17) is 10.2 Å². The Morgan fingerprint density at radius 2 is 1.93 bits per heavy atom. The van der Waals surface area contributed by atoms with E-state index in [-0.39, 0.29) is 0 Å². The number of carboxylic acid groups (broad SMARTS) is 2. The van der Waals surface area contributed by atoms with Crippen molar-refractivity contribution in [2.75, 3.05) is 0 Å². The molecule has 0 saturated carbocycles. The first kappa shape index (κ1) is 11.4. The molecule has 0 saturated heterocycles. The zero-order valence-corrected chi connectivity index (χ0v) is 7.70. The van der Waals surface area contributed by atoms with Crippen LogP contribution in [0.15, 0.2) is 23.3 Å². The highest BCUT2D eigenvalue weighted by Gasteiger charge is 2.47. The Morgan fingerprint density at radius 3 is 2.33 bits per heavy atom. The Balaban J connectivity index is 3.22. The van der Waals surface area contributed by atoms with Crippen LogP contribution in [0.25, 0.3) is 0 Å². The third kappa shape index (κ3) is 1.88. The molecule has 82 valence electrons. The van der Waals surface area contributed by atoms with Gasteiger partial charge in [-0.1, -0.05) is 0 Å². The maximum atomic E-state index is 13.3. The molecule has 6 heteroatoms. The highest BCUT2D eigenvalue weighted by molar-refractivity contribution is 5.92. The Bertz CT molecular complexity index is 382. The highest BCUT2D eigenvalue weighted by Crippen LogP contribution is 2.38. The van der Waals surface area contributed by atoms with Crippen molar-refractivity contribution >= 4 is 11.9 Å². The molecule has 0 aromatic heterocycles. The van der Waals surface area contributed by atoms with Crippen LogP contribution in [-0.2, 0) is 9.59 Å². The van der Waals surface area contributed by atoms with Crippen molar-refractivity contribution in [1.82, 2.24) is 0 Å². The first-order chi connectivity index (χ1) is 6.76. The summed E-state index contributed by atoms with van der Waals surface area (Å²) in [5, 5.41) is 17.1. The third-order valence-electron chi connectivity index (χ3n) is 2.15. The summed E-state index contributed by atoms with van der Waals surface area (Å²) in [6, 6.07) is 0. The molecule has 0 spiro atoms. The van der Waals surface area contributed by atoms with Gasteiger partial charge in [0.15, 0.2) is 0 Å². The van der Waals surface area contributed by atoms with Crippen LogP contribution in [0, 0.1) is 5.92 Å². The SMILES string of the molecule is CC1=CC(C(=O)O)=CC(C(=O)O)C1(F)F. The normalized spacial score (nSPS) is 24.1. The third-order valence-corrected chi connectivity index (χ3v) is 2.15. The van der Waals surface area contributed by atoms with Gasteiger partial charge >= 0.3 is 11.9 Å². The summed E-state index contributed by atoms with van der Waals surface area (Å²) in [7, 11) is 0. The molecule has 0 aromatic rings. The van der Waals surface area contributed by atoms with Crippen LogP contribution >= 0.6 is 0 Å². The van der Waals surface area contributed by atoms with Crippen LogP contribution in [0.5, 0.6) is 0 Å². The largest absolute Gasteiger partial charge is 0.481 e. The number of hydrogen-bond acceptors (Lipinski definition) is 2. The molecule has 0 aliphatic heterocycles. The molecule has 2 N–H and O–H groups in total. The average Bonchev–Trinajstić information content (AvgIpc) is 2.08. The molecule has 0 bridgehead atoms. The van der Waals surface area contributed by atoms with Crippen LogP contribution in [0.4, 0.5) is 8.78 Å². The van der Waals surface area contributed by atoms with E-state index in [9.17, 15) is 18.4 Å². The molecule has 0 fully saturated rings. The minimum absolute atomic E-state index is 0.425. The van der Waals surface area contributed by atoms with Crippen molar-refractivity contribution in [3.63, 3.8) is 0 Å². The Labute approximate surface area is 83.5 Å². The minimum Gasteiger partial charge on any atom is -0.481 e. The maximum absolute atomic E-state index is 13.3. The molecule has 1 atom stereocenters. The first-order valence-electron chi connectivity index (χ1n) is 4.01. The second-order valence-corrected chi connectivity index (χ2v) is 3.19. The first-order valence-corrected chi connectivity index (χ1v) is 4.01. The van der Waals surface area contributed by atoms with Gasteiger partial charge in [0, 0.05) is 0 Å². The number of carboxylic acids is 2. The van der Waals surface area contributed by atoms with Crippen molar-refractivity contribution in [2.24, 2.45) is 5.92 Å². The average molecular weight is 218 g/mol. The Morgan fingerprint density at radius 1 is 1.40 bits per heavy atom. The number of alkyl halides is 2. The summed E-state index contributed by atoms with van der Waals surface area (Å²) >= 11 is 0. The molecule has 1 unspecified atom stereocenters. The van der Waals surface area contributed by atoms with Gasteiger partial charge in [0.1, 0.15) is 5.92 Å². The summed E-state index contributed by atoms with van der Waals surface area (Å²) in [5.41, 5.74) is -0.986. The van der Waals surface area contributed by atoms with Crippen LogP contribution in [-0.4, -0.2) is 28.1 Å². The minimum atomic E-state index is -3.54. The molecule has 0 aromatic carbocycles. The predicted molar refractivity (Wildman–Crippen MR) is 45.5 cm³/mol. The fourth-order valence-corrected chi connectivity index (χ4v) is 1.27.